The van der Waals surface area contributed by atoms with E-state index in [0.717, 1.165) is 22.0 Å². The molecular weight excluding hydrogens is 288 g/mol. The molecule has 23 heavy (non-hydrogen) atoms. The summed E-state index contributed by atoms with van der Waals surface area (Å²) < 4.78 is 5.47. The molecule has 1 aromatic heterocycles. The number of pyridine rings is 1. The van der Waals surface area contributed by atoms with Crippen LogP contribution in [0.2, 0.25) is 0 Å². The molecule has 3 aromatic rings. The first kappa shape index (κ1) is 15.0. The van der Waals surface area contributed by atoms with Gasteiger partial charge in [0.1, 0.15) is 5.75 Å². The molecule has 0 spiro atoms. The van der Waals surface area contributed by atoms with Gasteiger partial charge >= 0.3 is 0 Å². The highest BCUT2D eigenvalue weighted by Gasteiger charge is 2.05. The van der Waals surface area contributed by atoms with Gasteiger partial charge in [0.15, 0.2) is 6.61 Å². The van der Waals surface area contributed by atoms with Crippen LogP contribution in [-0.4, -0.2) is 17.5 Å². The van der Waals surface area contributed by atoms with Crippen LogP contribution in [0.25, 0.3) is 10.9 Å². The molecule has 3 rings (SSSR count). The summed E-state index contributed by atoms with van der Waals surface area (Å²) in [7, 11) is 0. The van der Waals surface area contributed by atoms with Crippen LogP contribution in [-0.2, 0) is 11.3 Å². The van der Waals surface area contributed by atoms with Gasteiger partial charge in [-0.25, -0.2) is 0 Å². The van der Waals surface area contributed by atoms with Gasteiger partial charge in [-0.05, 0) is 36.8 Å². The van der Waals surface area contributed by atoms with Crippen molar-refractivity contribution in [1.29, 1.82) is 0 Å². The highest BCUT2D eigenvalue weighted by Crippen LogP contribution is 2.16. The second kappa shape index (κ2) is 6.92. The van der Waals surface area contributed by atoms with Gasteiger partial charge < -0.3 is 10.1 Å². The Morgan fingerprint density at radius 1 is 1.09 bits per heavy atom. The first-order valence-corrected chi connectivity index (χ1v) is 7.51. The standard InChI is InChI=1S/C19H18N2O2/c1-14-6-8-16(9-7-14)23-13-19(22)21-12-15-10-11-20-18-5-3-2-4-17(15)18/h2-11H,12-13H2,1H3,(H,21,22). The van der Waals surface area contributed by atoms with Gasteiger partial charge in [0.05, 0.1) is 5.52 Å². The zero-order valence-electron chi connectivity index (χ0n) is 13.0. The molecule has 0 saturated carbocycles. The van der Waals surface area contributed by atoms with Gasteiger partial charge in [0.2, 0.25) is 0 Å². The summed E-state index contributed by atoms with van der Waals surface area (Å²) in [5, 5.41) is 3.93. The fourth-order valence-corrected chi connectivity index (χ4v) is 2.34. The van der Waals surface area contributed by atoms with E-state index >= 15 is 0 Å². The van der Waals surface area contributed by atoms with Crippen LogP contribution in [0.1, 0.15) is 11.1 Å². The molecule has 0 unspecified atom stereocenters. The number of carbonyl (C=O) groups is 1. The number of carbonyl (C=O) groups excluding carboxylic acids is 1. The maximum absolute atomic E-state index is 11.9. The minimum Gasteiger partial charge on any atom is -0.484 e. The normalized spacial score (nSPS) is 10.5. The van der Waals surface area contributed by atoms with E-state index in [2.05, 4.69) is 10.3 Å². The van der Waals surface area contributed by atoms with Gasteiger partial charge in [-0.2, -0.15) is 0 Å². The van der Waals surface area contributed by atoms with E-state index in [4.69, 9.17) is 4.74 Å². The van der Waals surface area contributed by atoms with E-state index in [0.29, 0.717) is 12.3 Å². The van der Waals surface area contributed by atoms with Crippen LogP contribution in [0.15, 0.2) is 60.8 Å². The molecule has 0 saturated heterocycles. The molecule has 0 aliphatic rings. The van der Waals surface area contributed by atoms with Crippen LogP contribution in [0, 0.1) is 6.92 Å². The maximum Gasteiger partial charge on any atom is 0.258 e. The van der Waals surface area contributed by atoms with Crippen molar-refractivity contribution in [2.24, 2.45) is 0 Å². The number of aryl methyl sites for hydroxylation is 1. The number of aromatic nitrogens is 1. The quantitative estimate of drug-likeness (QED) is 0.787. The van der Waals surface area contributed by atoms with Gasteiger partial charge in [-0.15, -0.1) is 0 Å². The lowest BCUT2D eigenvalue weighted by Gasteiger charge is -2.09. The third-order valence-corrected chi connectivity index (χ3v) is 3.61. The molecule has 0 bridgehead atoms. The fraction of sp³-hybridized carbons (Fsp3) is 0.158. The van der Waals surface area contributed by atoms with Crippen molar-refractivity contribution >= 4 is 16.8 Å². The molecular formula is C19H18N2O2. The van der Waals surface area contributed by atoms with Gasteiger partial charge in [-0.1, -0.05) is 35.9 Å². The molecule has 1 heterocycles. The van der Waals surface area contributed by atoms with Crippen molar-refractivity contribution in [3.63, 3.8) is 0 Å². The Hall–Kier alpha value is -2.88. The van der Waals surface area contributed by atoms with Gasteiger partial charge in [-0.3, -0.25) is 9.78 Å². The topological polar surface area (TPSA) is 51.2 Å². The smallest absolute Gasteiger partial charge is 0.258 e. The summed E-state index contributed by atoms with van der Waals surface area (Å²) >= 11 is 0. The predicted molar refractivity (Wildman–Crippen MR) is 90.3 cm³/mol. The molecule has 4 nitrogen and oxygen atoms in total. The fourth-order valence-electron chi connectivity index (χ4n) is 2.34. The van der Waals surface area contributed by atoms with Crippen LogP contribution >= 0.6 is 0 Å². The average Bonchev–Trinajstić information content (AvgIpc) is 2.59. The summed E-state index contributed by atoms with van der Waals surface area (Å²) in [6.07, 6.45) is 1.76. The van der Waals surface area contributed by atoms with Crippen molar-refractivity contribution in [3.05, 3.63) is 71.9 Å². The van der Waals surface area contributed by atoms with Crippen molar-refractivity contribution in [3.8, 4) is 5.75 Å². The summed E-state index contributed by atoms with van der Waals surface area (Å²) in [5.41, 5.74) is 3.13. The average molecular weight is 306 g/mol. The zero-order chi connectivity index (χ0) is 16.1. The van der Waals surface area contributed by atoms with E-state index in [1.165, 1.54) is 0 Å². The summed E-state index contributed by atoms with van der Waals surface area (Å²) in [6.45, 7) is 2.47. The number of rotatable bonds is 5. The van der Waals surface area contributed by atoms with Crippen molar-refractivity contribution in [1.82, 2.24) is 10.3 Å². The molecule has 1 amide bonds. The lowest BCUT2D eigenvalue weighted by Crippen LogP contribution is -2.28. The number of hydrogen-bond acceptors (Lipinski definition) is 3. The van der Waals surface area contributed by atoms with E-state index in [-0.39, 0.29) is 12.5 Å². The molecule has 116 valence electrons. The zero-order valence-corrected chi connectivity index (χ0v) is 13.0. The Bertz CT molecular complexity index is 808. The molecule has 1 N–H and O–H groups in total. The number of nitrogens with zero attached hydrogens (tertiary/aromatic N) is 1. The second-order valence-electron chi connectivity index (χ2n) is 5.37. The summed E-state index contributed by atoms with van der Waals surface area (Å²) in [4.78, 5) is 16.3. The lowest BCUT2D eigenvalue weighted by atomic mass is 10.1. The third kappa shape index (κ3) is 3.86. The number of amides is 1. The lowest BCUT2D eigenvalue weighted by molar-refractivity contribution is -0.123. The largest absolute Gasteiger partial charge is 0.484 e. The molecule has 0 atom stereocenters. The Balaban J connectivity index is 1.57. The molecule has 0 fully saturated rings. The second-order valence-corrected chi connectivity index (χ2v) is 5.37. The Morgan fingerprint density at radius 3 is 2.70 bits per heavy atom. The highest BCUT2D eigenvalue weighted by molar-refractivity contribution is 5.83. The van der Waals surface area contributed by atoms with Crippen molar-refractivity contribution in [2.45, 2.75) is 13.5 Å². The first-order chi connectivity index (χ1) is 11.2. The Labute approximate surface area is 135 Å². The first-order valence-electron chi connectivity index (χ1n) is 7.51. The summed E-state index contributed by atoms with van der Waals surface area (Å²) in [6, 6.07) is 17.4. The van der Waals surface area contributed by atoms with Gasteiger partial charge in [0.25, 0.3) is 5.91 Å². The predicted octanol–water partition coefficient (Wildman–Crippen LogP) is 3.24. The van der Waals surface area contributed by atoms with E-state index in [1.54, 1.807) is 6.20 Å². The minimum absolute atomic E-state index is 0.00603. The molecule has 0 aliphatic heterocycles. The number of para-hydroxylation sites is 1. The summed E-state index contributed by atoms with van der Waals surface area (Å²) in [5.74, 6) is 0.548. The Kier molecular flexibility index (Phi) is 4.52. The van der Waals surface area contributed by atoms with Crippen LogP contribution < -0.4 is 10.1 Å². The number of hydrogen-bond donors (Lipinski definition) is 1. The SMILES string of the molecule is Cc1ccc(OCC(=O)NCc2ccnc3ccccc23)cc1. The van der Waals surface area contributed by atoms with E-state index < -0.39 is 0 Å². The maximum atomic E-state index is 11.9. The van der Waals surface area contributed by atoms with Crippen molar-refractivity contribution < 1.29 is 9.53 Å². The van der Waals surface area contributed by atoms with Gasteiger partial charge in [0, 0.05) is 18.1 Å². The number of nitrogens with one attached hydrogen (secondary N) is 1. The highest BCUT2D eigenvalue weighted by atomic mass is 16.5. The Morgan fingerprint density at radius 2 is 1.87 bits per heavy atom. The van der Waals surface area contributed by atoms with Crippen LogP contribution in [0.5, 0.6) is 5.75 Å². The monoisotopic (exact) mass is 306 g/mol. The molecule has 2 aromatic carbocycles. The number of ether oxygens (including phenoxy) is 1. The molecule has 0 radical (unpaired) electrons. The van der Waals surface area contributed by atoms with Crippen LogP contribution in [0.3, 0.4) is 0 Å². The number of fused-ring (bicyclic) bond motifs is 1. The molecule has 0 aliphatic carbocycles. The van der Waals surface area contributed by atoms with Crippen LogP contribution in [0.4, 0.5) is 0 Å². The van der Waals surface area contributed by atoms with E-state index in [9.17, 15) is 4.79 Å². The number of benzene rings is 2. The van der Waals surface area contributed by atoms with E-state index in [1.807, 2.05) is 61.5 Å². The molecule has 4 heteroatoms. The third-order valence-electron chi connectivity index (χ3n) is 3.61. The van der Waals surface area contributed by atoms with Crippen molar-refractivity contribution in [2.75, 3.05) is 6.61 Å². The minimum atomic E-state index is -0.147.